The molecule has 0 aliphatic carbocycles. The Balaban J connectivity index is 1.88. The molecule has 1 radical (unpaired) electrons. The number of rotatable bonds is 3. The van der Waals surface area contributed by atoms with Crippen LogP contribution in [0.25, 0.3) is 0 Å². The van der Waals surface area contributed by atoms with Crippen LogP contribution in [-0.4, -0.2) is 16.1 Å². The third-order valence-corrected chi connectivity index (χ3v) is 2.07. The molecule has 6 heteroatoms. The number of amides is 1. The van der Waals surface area contributed by atoms with Crippen LogP contribution in [0.5, 0.6) is 0 Å². The second-order valence-corrected chi connectivity index (χ2v) is 3.40. The van der Waals surface area contributed by atoms with Gasteiger partial charge in [-0.2, -0.15) is 10.3 Å². The van der Waals surface area contributed by atoms with Crippen molar-refractivity contribution in [1.82, 2.24) is 15.3 Å². The first-order chi connectivity index (χ1) is 8.74. The molecule has 91 valence electrons. The number of aromatic amines is 1. The smallest absolute Gasteiger partial charge is 0.435 e. The Morgan fingerprint density at radius 3 is 2.78 bits per heavy atom. The van der Waals surface area contributed by atoms with Crippen LogP contribution in [0.15, 0.2) is 47.4 Å². The summed E-state index contributed by atoms with van der Waals surface area (Å²) >= 11 is 0. The van der Waals surface area contributed by atoms with E-state index in [-0.39, 0.29) is 12.4 Å². The summed E-state index contributed by atoms with van der Waals surface area (Å²) in [7, 11) is 0. The SMILES string of the molecule is O=C([N]c1cc[nH]c(=O)n1)OCc1ccccc1. The maximum atomic E-state index is 11.4. The number of H-pyrrole nitrogens is 1. The summed E-state index contributed by atoms with van der Waals surface area (Å²) in [5, 5.41) is 3.54. The quantitative estimate of drug-likeness (QED) is 0.882. The van der Waals surface area contributed by atoms with E-state index in [9.17, 15) is 9.59 Å². The van der Waals surface area contributed by atoms with Crippen molar-refractivity contribution in [2.45, 2.75) is 6.61 Å². The molecule has 0 aliphatic rings. The van der Waals surface area contributed by atoms with Gasteiger partial charge < -0.3 is 9.72 Å². The molecule has 1 aromatic carbocycles. The fourth-order valence-corrected chi connectivity index (χ4v) is 1.27. The molecule has 0 atom stereocenters. The van der Waals surface area contributed by atoms with Crippen LogP contribution in [0.3, 0.4) is 0 Å². The van der Waals surface area contributed by atoms with Gasteiger partial charge in [0.2, 0.25) is 0 Å². The zero-order valence-corrected chi connectivity index (χ0v) is 9.37. The van der Waals surface area contributed by atoms with Gasteiger partial charge >= 0.3 is 11.8 Å². The molecule has 0 spiro atoms. The van der Waals surface area contributed by atoms with E-state index in [0.29, 0.717) is 0 Å². The maximum Gasteiger partial charge on any atom is 0.435 e. The van der Waals surface area contributed by atoms with E-state index in [2.05, 4.69) is 15.3 Å². The summed E-state index contributed by atoms with van der Waals surface area (Å²) in [5.74, 6) is 0.0248. The normalized spacial score (nSPS) is 9.78. The molecular formula is C12H10N3O3. The summed E-state index contributed by atoms with van der Waals surface area (Å²) in [4.78, 5) is 28.0. The van der Waals surface area contributed by atoms with Gasteiger partial charge in [0.25, 0.3) is 0 Å². The molecule has 0 bridgehead atoms. The third kappa shape index (κ3) is 3.44. The average Bonchev–Trinajstić information content (AvgIpc) is 2.38. The highest BCUT2D eigenvalue weighted by molar-refractivity contribution is 5.71. The van der Waals surface area contributed by atoms with Crippen molar-refractivity contribution in [1.29, 1.82) is 0 Å². The molecule has 0 saturated heterocycles. The number of nitrogens with zero attached hydrogens (tertiary/aromatic N) is 2. The molecule has 1 amide bonds. The number of carbonyl (C=O) groups is 1. The molecule has 0 aliphatic heterocycles. The van der Waals surface area contributed by atoms with Gasteiger partial charge in [0.15, 0.2) is 5.82 Å². The van der Waals surface area contributed by atoms with Gasteiger partial charge in [-0.05, 0) is 11.6 Å². The molecule has 2 rings (SSSR count). The highest BCUT2D eigenvalue weighted by Crippen LogP contribution is 2.03. The molecule has 2 aromatic rings. The van der Waals surface area contributed by atoms with Crippen LogP contribution in [-0.2, 0) is 11.3 Å². The average molecular weight is 244 g/mol. The second kappa shape index (κ2) is 5.62. The Morgan fingerprint density at radius 1 is 1.28 bits per heavy atom. The fraction of sp³-hybridized carbons (Fsp3) is 0.0833. The number of hydrogen-bond acceptors (Lipinski definition) is 4. The molecule has 0 unspecified atom stereocenters. The minimum atomic E-state index is -0.781. The molecular weight excluding hydrogens is 234 g/mol. The lowest BCUT2D eigenvalue weighted by Gasteiger charge is -2.03. The molecule has 0 fully saturated rings. The Bertz CT molecular complexity index is 580. The lowest BCUT2D eigenvalue weighted by Crippen LogP contribution is -2.17. The van der Waals surface area contributed by atoms with E-state index < -0.39 is 11.8 Å². The third-order valence-electron chi connectivity index (χ3n) is 2.07. The molecule has 0 saturated carbocycles. The van der Waals surface area contributed by atoms with Crippen molar-refractivity contribution in [3.63, 3.8) is 0 Å². The topological polar surface area (TPSA) is 86.2 Å². The van der Waals surface area contributed by atoms with Gasteiger partial charge in [-0.1, -0.05) is 30.3 Å². The summed E-state index contributed by atoms with van der Waals surface area (Å²) in [6, 6.07) is 10.6. The summed E-state index contributed by atoms with van der Waals surface area (Å²) in [5.41, 5.74) is 0.298. The zero-order valence-electron chi connectivity index (χ0n) is 9.37. The van der Waals surface area contributed by atoms with Gasteiger partial charge in [-0.3, -0.25) is 0 Å². The summed E-state index contributed by atoms with van der Waals surface area (Å²) in [6.07, 6.45) is 0.579. The monoisotopic (exact) mass is 244 g/mol. The van der Waals surface area contributed by atoms with E-state index in [4.69, 9.17) is 4.74 Å². The van der Waals surface area contributed by atoms with Gasteiger partial charge in [0.1, 0.15) is 6.61 Å². The van der Waals surface area contributed by atoms with E-state index in [1.807, 2.05) is 30.3 Å². The Hall–Kier alpha value is -2.63. The van der Waals surface area contributed by atoms with Gasteiger partial charge in [0, 0.05) is 6.20 Å². The number of nitrogens with one attached hydrogen (secondary N) is 1. The Kier molecular flexibility index (Phi) is 3.70. The molecule has 6 nitrogen and oxygen atoms in total. The predicted molar refractivity (Wildman–Crippen MR) is 63.3 cm³/mol. The maximum absolute atomic E-state index is 11.4. The first-order valence-corrected chi connectivity index (χ1v) is 5.22. The van der Waals surface area contributed by atoms with E-state index in [1.54, 1.807) is 0 Å². The zero-order chi connectivity index (χ0) is 12.8. The Morgan fingerprint density at radius 2 is 2.06 bits per heavy atom. The van der Waals surface area contributed by atoms with Crippen LogP contribution in [0.2, 0.25) is 0 Å². The van der Waals surface area contributed by atoms with Crippen LogP contribution < -0.4 is 11.0 Å². The van der Waals surface area contributed by atoms with E-state index >= 15 is 0 Å². The number of aromatic nitrogens is 2. The van der Waals surface area contributed by atoms with Gasteiger partial charge in [-0.15, -0.1) is 0 Å². The van der Waals surface area contributed by atoms with Crippen molar-refractivity contribution in [3.05, 3.63) is 58.6 Å². The van der Waals surface area contributed by atoms with Crippen LogP contribution in [0.4, 0.5) is 10.6 Å². The highest BCUT2D eigenvalue weighted by Gasteiger charge is 2.07. The van der Waals surface area contributed by atoms with Gasteiger partial charge in [0.05, 0.1) is 0 Å². The summed E-state index contributed by atoms with van der Waals surface area (Å²) in [6.45, 7) is 0.131. The van der Waals surface area contributed by atoms with Crippen molar-refractivity contribution < 1.29 is 9.53 Å². The van der Waals surface area contributed by atoms with Crippen molar-refractivity contribution >= 4 is 11.9 Å². The first kappa shape index (κ1) is 11.8. The minimum absolute atomic E-state index is 0.0248. The van der Waals surface area contributed by atoms with Crippen LogP contribution in [0, 0.1) is 0 Å². The number of hydrogen-bond donors (Lipinski definition) is 1. The Labute approximate surface area is 103 Å². The largest absolute Gasteiger partial charge is 0.443 e. The summed E-state index contributed by atoms with van der Waals surface area (Å²) < 4.78 is 4.91. The number of benzene rings is 1. The molecule has 1 heterocycles. The predicted octanol–water partition coefficient (Wildman–Crippen LogP) is 1.34. The standard InChI is InChI=1S/C12H10N3O3/c16-11-13-7-6-10(14-11)15-12(17)18-8-9-4-2-1-3-5-9/h1-7H,8H2,(H,13,14,16). The fourth-order valence-electron chi connectivity index (χ4n) is 1.27. The number of carbonyl (C=O) groups excluding carboxylic acids is 1. The minimum Gasteiger partial charge on any atom is -0.443 e. The van der Waals surface area contributed by atoms with Crippen molar-refractivity contribution in [2.24, 2.45) is 0 Å². The van der Waals surface area contributed by atoms with Gasteiger partial charge in [-0.25, -0.2) is 9.59 Å². The molecule has 1 aromatic heterocycles. The lowest BCUT2D eigenvalue weighted by atomic mass is 10.2. The molecule has 18 heavy (non-hydrogen) atoms. The second-order valence-electron chi connectivity index (χ2n) is 3.40. The number of ether oxygens (including phenoxy) is 1. The van der Waals surface area contributed by atoms with Crippen LogP contribution >= 0.6 is 0 Å². The lowest BCUT2D eigenvalue weighted by molar-refractivity contribution is 0.143. The van der Waals surface area contributed by atoms with Crippen molar-refractivity contribution in [2.75, 3.05) is 0 Å². The van der Waals surface area contributed by atoms with E-state index in [1.165, 1.54) is 12.3 Å². The molecule has 1 N–H and O–H groups in total. The van der Waals surface area contributed by atoms with E-state index in [0.717, 1.165) is 5.56 Å². The van der Waals surface area contributed by atoms with Crippen molar-refractivity contribution in [3.8, 4) is 0 Å². The highest BCUT2D eigenvalue weighted by atomic mass is 16.5. The van der Waals surface area contributed by atoms with Crippen LogP contribution in [0.1, 0.15) is 5.56 Å². The first-order valence-electron chi connectivity index (χ1n) is 5.22.